The van der Waals surface area contributed by atoms with Crippen molar-refractivity contribution in [1.29, 1.82) is 0 Å². The van der Waals surface area contributed by atoms with Crippen LogP contribution in [0.15, 0.2) is 17.1 Å². The van der Waals surface area contributed by atoms with Crippen LogP contribution in [-0.2, 0) is 0 Å². The van der Waals surface area contributed by atoms with Crippen LogP contribution < -0.4 is 5.56 Å². The van der Waals surface area contributed by atoms with Gasteiger partial charge >= 0.3 is 0 Å². The molecule has 0 saturated carbocycles. The van der Waals surface area contributed by atoms with Crippen LogP contribution in [0.4, 0.5) is 4.39 Å². The lowest BCUT2D eigenvalue weighted by Crippen LogP contribution is -2.12. The van der Waals surface area contributed by atoms with Crippen molar-refractivity contribution in [2.45, 2.75) is 0 Å². The Labute approximate surface area is 70.6 Å². The quantitative estimate of drug-likeness (QED) is 0.597. The molecule has 62 valence electrons. The van der Waals surface area contributed by atoms with Crippen molar-refractivity contribution < 1.29 is 4.39 Å². The maximum Gasteiger partial charge on any atom is 0.279 e. The first-order chi connectivity index (χ1) is 5.68. The van der Waals surface area contributed by atoms with Gasteiger partial charge < -0.3 is 0 Å². The van der Waals surface area contributed by atoms with Gasteiger partial charge in [0, 0.05) is 6.20 Å². The number of aromatic nitrogens is 3. The second-order valence-corrected chi connectivity index (χ2v) is 2.69. The monoisotopic (exact) mass is 185 g/mol. The lowest BCUT2D eigenvalue weighted by atomic mass is 10.5. The molecule has 0 aromatic carbocycles. The molecule has 2 heterocycles. The molecule has 0 aliphatic rings. The van der Waals surface area contributed by atoms with Gasteiger partial charge in [-0.05, 0) is 18.3 Å². The van der Waals surface area contributed by atoms with Gasteiger partial charge in [-0.3, -0.25) is 19.4 Å². The van der Waals surface area contributed by atoms with Crippen molar-refractivity contribution in [3.8, 4) is 0 Å². The van der Waals surface area contributed by atoms with E-state index in [1.807, 2.05) is 0 Å². The van der Waals surface area contributed by atoms with Gasteiger partial charge in [0.2, 0.25) is 0 Å². The van der Waals surface area contributed by atoms with Crippen molar-refractivity contribution >= 4 is 17.7 Å². The molecular formula is C6H4FN3OS. The Morgan fingerprint density at radius 2 is 2.33 bits per heavy atom. The molecule has 0 amide bonds. The molecule has 0 unspecified atom stereocenters. The highest BCUT2D eigenvalue weighted by Crippen LogP contribution is 2.02. The Morgan fingerprint density at radius 1 is 1.58 bits per heavy atom. The Morgan fingerprint density at radius 3 is 3.08 bits per heavy atom. The first kappa shape index (κ1) is 7.23. The predicted molar refractivity (Wildman–Crippen MR) is 43.2 cm³/mol. The molecule has 0 spiro atoms. The molecule has 2 aromatic heterocycles. The number of nitrogens with zero attached hydrogens (tertiary/aromatic N) is 1. The molecule has 0 radical (unpaired) electrons. The van der Waals surface area contributed by atoms with Crippen LogP contribution in [0.25, 0.3) is 5.52 Å². The predicted octanol–water partition coefficient (Wildman–Crippen LogP) is 0.824. The highest BCUT2D eigenvalue weighted by atomic mass is 32.1. The average molecular weight is 185 g/mol. The van der Waals surface area contributed by atoms with Gasteiger partial charge in [-0.1, -0.05) is 0 Å². The lowest BCUT2D eigenvalue weighted by Gasteiger charge is -1.92. The third kappa shape index (κ3) is 0.884. The van der Waals surface area contributed by atoms with E-state index in [9.17, 15) is 9.18 Å². The fraction of sp³-hybridized carbons (Fsp3) is 0. The number of halogens is 1. The zero-order valence-electron chi connectivity index (χ0n) is 5.80. The van der Waals surface area contributed by atoms with Crippen LogP contribution in [-0.4, -0.2) is 14.6 Å². The van der Waals surface area contributed by atoms with E-state index in [0.717, 1.165) is 0 Å². The van der Waals surface area contributed by atoms with E-state index in [-0.39, 0.29) is 10.3 Å². The molecule has 0 saturated heterocycles. The maximum absolute atomic E-state index is 12.8. The van der Waals surface area contributed by atoms with Gasteiger partial charge in [0.05, 0.1) is 0 Å². The molecule has 4 nitrogen and oxygen atoms in total. The summed E-state index contributed by atoms with van der Waals surface area (Å²) in [4.78, 5) is 13.4. The zero-order valence-corrected chi connectivity index (χ0v) is 6.61. The number of hydrogen-bond acceptors (Lipinski definition) is 2. The summed E-state index contributed by atoms with van der Waals surface area (Å²) in [6, 6.07) is 1.19. The Bertz CT molecular complexity index is 537. The van der Waals surface area contributed by atoms with Gasteiger partial charge in [0.25, 0.3) is 5.56 Å². The first-order valence-corrected chi connectivity index (χ1v) is 3.58. The fourth-order valence-electron chi connectivity index (χ4n) is 1.02. The van der Waals surface area contributed by atoms with Crippen molar-refractivity contribution in [3.63, 3.8) is 0 Å². The molecule has 2 N–H and O–H groups in total. The van der Waals surface area contributed by atoms with Crippen molar-refractivity contribution in [1.82, 2.24) is 14.6 Å². The van der Waals surface area contributed by atoms with Crippen LogP contribution in [0.1, 0.15) is 0 Å². The highest BCUT2D eigenvalue weighted by molar-refractivity contribution is 7.71. The smallest absolute Gasteiger partial charge is 0.279 e. The molecule has 0 atom stereocenters. The summed E-state index contributed by atoms with van der Waals surface area (Å²) in [5.41, 5.74) is -0.579. The molecule has 0 fully saturated rings. The summed E-state index contributed by atoms with van der Waals surface area (Å²) in [7, 11) is 0. The molecule has 0 aliphatic carbocycles. The molecule has 2 rings (SSSR count). The standard InChI is InChI=1S/C6H4FN3OS/c7-3-1-2-10-4(3)5(11)8-6(12)9-10/h1-2H,(H2,8,9,11,12). The number of nitrogens with one attached hydrogen (secondary N) is 2. The van der Waals surface area contributed by atoms with Crippen LogP contribution in [0.5, 0.6) is 0 Å². The summed E-state index contributed by atoms with van der Waals surface area (Å²) in [6.07, 6.45) is 1.40. The largest absolute Gasteiger partial charge is 0.296 e. The summed E-state index contributed by atoms with van der Waals surface area (Å²) >= 11 is 4.68. The number of rotatable bonds is 0. The van der Waals surface area contributed by atoms with E-state index in [1.54, 1.807) is 0 Å². The highest BCUT2D eigenvalue weighted by Gasteiger charge is 2.04. The maximum atomic E-state index is 12.8. The second kappa shape index (κ2) is 2.28. The van der Waals surface area contributed by atoms with Gasteiger partial charge in [-0.2, -0.15) is 0 Å². The summed E-state index contributed by atoms with van der Waals surface area (Å²) in [6.45, 7) is 0. The van der Waals surface area contributed by atoms with Gasteiger partial charge in [0.15, 0.2) is 16.1 Å². The van der Waals surface area contributed by atoms with Crippen LogP contribution in [0, 0.1) is 10.6 Å². The SMILES string of the molecule is O=c1[nH]c(=S)[nH]n2ccc(F)c12. The summed E-state index contributed by atoms with van der Waals surface area (Å²) in [5.74, 6) is -0.567. The normalized spacial score (nSPS) is 10.8. The lowest BCUT2D eigenvalue weighted by molar-refractivity contribution is 0.636. The van der Waals surface area contributed by atoms with E-state index >= 15 is 0 Å². The van der Waals surface area contributed by atoms with E-state index in [0.29, 0.717) is 0 Å². The first-order valence-electron chi connectivity index (χ1n) is 3.17. The number of hydrogen-bond donors (Lipinski definition) is 2. The zero-order chi connectivity index (χ0) is 8.72. The minimum atomic E-state index is -0.567. The Balaban J connectivity index is 3.13. The van der Waals surface area contributed by atoms with E-state index in [2.05, 4.69) is 22.3 Å². The third-order valence-electron chi connectivity index (χ3n) is 1.50. The van der Waals surface area contributed by atoms with Crippen LogP contribution in [0.2, 0.25) is 0 Å². The average Bonchev–Trinajstić information content (AvgIpc) is 2.31. The molecule has 2 aromatic rings. The number of H-pyrrole nitrogens is 2. The summed E-state index contributed by atoms with van der Waals surface area (Å²) in [5, 5.41) is 2.59. The minimum absolute atomic E-state index is 0.0522. The third-order valence-corrected chi connectivity index (χ3v) is 1.69. The number of aromatic amines is 2. The topological polar surface area (TPSA) is 53.1 Å². The van der Waals surface area contributed by atoms with Crippen molar-refractivity contribution in [3.05, 3.63) is 33.2 Å². The van der Waals surface area contributed by atoms with E-state index < -0.39 is 11.4 Å². The van der Waals surface area contributed by atoms with Gasteiger partial charge in [-0.25, -0.2) is 4.39 Å². The fourth-order valence-corrected chi connectivity index (χ4v) is 1.21. The Kier molecular flexibility index (Phi) is 1.37. The number of fused-ring (bicyclic) bond motifs is 1. The van der Waals surface area contributed by atoms with E-state index in [4.69, 9.17) is 0 Å². The van der Waals surface area contributed by atoms with Gasteiger partial charge in [-0.15, -0.1) is 0 Å². The van der Waals surface area contributed by atoms with Crippen molar-refractivity contribution in [2.24, 2.45) is 0 Å². The summed E-state index contributed by atoms with van der Waals surface area (Å²) < 4.78 is 14.3. The molecule has 6 heteroatoms. The Hall–Kier alpha value is -1.43. The van der Waals surface area contributed by atoms with Crippen LogP contribution in [0.3, 0.4) is 0 Å². The van der Waals surface area contributed by atoms with Crippen molar-refractivity contribution in [2.75, 3.05) is 0 Å². The van der Waals surface area contributed by atoms with Gasteiger partial charge in [0.1, 0.15) is 0 Å². The van der Waals surface area contributed by atoms with E-state index in [1.165, 1.54) is 16.8 Å². The second-order valence-electron chi connectivity index (χ2n) is 2.28. The molecule has 0 bridgehead atoms. The minimum Gasteiger partial charge on any atom is -0.296 e. The molecule has 12 heavy (non-hydrogen) atoms. The van der Waals surface area contributed by atoms with Crippen LogP contribution >= 0.6 is 12.2 Å². The molecular weight excluding hydrogens is 181 g/mol. The molecule has 0 aliphatic heterocycles.